The topological polar surface area (TPSA) is 61.8 Å². The van der Waals surface area contributed by atoms with Crippen molar-refractivity contribution in [3.63, 3.8) is 0 Å². The number of carbonyl (C=O) groups excluding carboxylic acids is 1. The van der Waals surface area contributed by atoms with Crippen LogP contribution in [0.3, 0.4) is 0 Å². The van der Waals surface area contributed by atoms with E-state index in [1.54, 1.807) is 26.0 Å². The van der Waals surface area contributed by atoms with E-state index in [0.717, 1.165) is 0 Å². The summed E-state index contributed by atoms with van der Waals surface area (Å²) < 4.78 is 25.9. The first-order valence-electron chi connectivity index (χ1n) is 5.19. The van der Waals surface area contributed by atoms with Crippen LogP contribution < -0.4 is 0 Å². The molecule has 0 rings (SSSR count). The molecule has 0 heterocycles. The van der Waals surface area contributed by atoms with Crippen molar-refractivity contribution in [2.75, 3.05) is 27.0 Å². The van der Waals surface area contributed by atoms with Crippen molar-refractivity contribution >= 4 is 13.6 Å². The number of esters is 1. The Balaban J connectivity index is 4.34. The smallest absolute Gasteiger partial charge is 0.333 e. The van der Waals surface area contributed by atoms with Crippen LogP contribution in [0, 0.1) is 0 Å². The highest BCUT2D eigenvalue weighted by atomic mass is 31.2. The third-order valence-corrected chi connectivity index (χ3v) is 3.67. The summed E-state index contributed by atoms with van der Waals surface area (Å²) in [6.07, 6.45) is 4.83. The van der Waals surface area contributed by atoms with Gasteiger partial charge in [-0.2, -0.15) is 0 Å². The minimum absolute atomic E-state index is 0.161. The molecule has 0 aromatic carbocycles. The van der Waals surface area contributed by atoms with E-state index in [4.69, 9.17) is 13.8 Å². The summed E-state index contributed by atoms with van der Waals surface area (Å²) in [5, 5.41) is 0. The van der Waals surface area contributed by atoms with Gasteiger partial charge >= 0.3 is 13.6 Å². The quantitative estimate of drug-likeness (QED) is 0.305. The Morgan fingerprint density at radius 3 is 2.35 bits per heavy atom. The molecule has 98 valence electrons. The van der Waals surface area contributed by atoms with E-state index in [1.807, 2.05) is 0 Å². The Bertz CT molecular complexity index is 338. The molecule has 17 heavy (non-hydrogen) atoms. The van der Waals surface area contributed by atoms with Crippen molar-refractivity contribution in [3.05, 3.63) is 23.8 Å². The van der Waals surface area contributed by atoms with Crippen LogP contribution >= 0.6 is 7.60 Å². The molecular weight excluding hydrogens is 243 g/mol. The Hall–Kier alpha value is -0.900. The van der Waals surface area contributed by atoms with E-state index in [0.29, 0.717) is 12.2 Å². The van der Waals surface area contributed by atoms with Gasteiger partial charge in [0.2, 0.25) is 0 Å². The first-order valence-corrected chi connectivity index (χ1v) is 6.92. The second-order valence-corrected chi connectivity index (χ2v) is 5.52. The predicted octanol–water partition coefficient (Wildman–Crippen LogP) is 2.54. The van der Waals surface area contributed by atoms with Gasteiger partial charge in [0.1, 0.15) is 0 Å². The molecule has 0 aromatic rings. The summed E-state index contributed by atoms with van der Waals surface area (Å²) in [4.78, 5) is 11.1. The van der Waals surface area contributed by atoms with Gasteiger partial charge in [-0.3, -0.25) is 4.57 Å². The van der Waals surface area contributed by atoms with Crippen molar-refractivity contribution in [1.29, 1.82) is 0 Å². The number of ether oxygens (including phenoxy) is 1. The summed E-state index contributed by atoms with van der Waals surface area (Å²) in [7, 11) is -0.349. The first kappa shape index (κ1) is 16.1. The lowest BCUT2D eigenvalue weighted by Crippen LogP contribution is -1.99. The number of carbonyl (C=O) groups is 1. The third kappa shape index (κ3) is 7.10. The molecule has 0 N–H and O–H groups in total. The lowest BCUT2D eigenvalue weighted by Gasteiger charge is -2.10. The van der Waals surface area contributed by atoms with Crippen LogP contribution in [0.5, 0.6) is 0 Å². The highest BCUT2D eigenvalue weighted by Crippen LogP contribution is 2.46. The molecule has 0 aliphatic carbocycles. The molecule has 0 unspecified atom stereocenters. The summed E-state index contributed by atoms with van der Waals surface area (Å²) >= 11 is 0. The SMILES string of the molecule is CCOC(=O)C=C(C)C=CCP(=O)(OC)OC. The number of hydrogen-bond donors (Lipinski definition) is 0. The van der Waals surface area contributed by atoms with Gasteiger partial charge in [0.15, 0.2) is 0 Å². The van der Waals surface area contributed by atoms with E-state index in [2.05, 4.69) is 0 Å². The minimum atomic E-state index is -3.01. The maximum atomic E-state index is 11.7. The molecule has 0 saturated heterocycles. The molecule has 0 bridgehead atoms. The van der Waals surface area contributed by atoms with Crippen LogP contribution in [0.2, 0.25) is 0 Å². The fraction of sp³-hybridized carbons (Fsp3) is 0.545. The van der Waals surface area contributed by atoms with Crippen molar-refractivity contribution in [3.8, 4) is 0 Å². The van der Waals surface area contributed by atoms with Gasteiger partial charge < -0.3 is 13.8 Å². The van der Waals surface area contributed by atoms with Gasteiger partial charge in [-0.1, -0.05) is 12.2 Å². The van der Waals surface area contributed by atoms with Gasteiger partial charge in [-0.25, -0.2) is 4.79 Å². The standard InChI is InChI=1S/C11H19O5P/c1-5-16-11(12)9-10(2)7-6-8-17(13,14-3)15-4/h6-7,9H,5,8H2,1-4H3. The molecule has 0 aromatic heterocycles. The van der Waals surface area contributed by atoms with Crippen molar-refractivity contribution in [2.24, 2.45) is 0 Å². The molecule has 0 aliphatic rings. The molecule has 0 aliphatic heterocycles. The summed E-state index contributed by atoms with van der Waals surface area (Å²) in [5.74, 6) is -0.392. The fourth-order valence-corrected chi connectivity index (χ4v) is 1.82. The maximum absolute atomic E-state index is 11.7. The highest BCUT2D eigenvalue weighted by Gasteiger charge is 2.17. The van der Waals surface area contributed by atoms with Gasteiger partial charge in [-0.15, -0.1) is 0 Å². The van der Waals surface area contributed by atoms with Gasteiger partial charge in [-0.05, 0) is 19.4 Å². The second kappa shape index (κ2) is 8.23. The number of hydrogen-bond acceptors (Lipinski definition) is 5. The largest absolute Gasteiger partial charge is 0.463 e. The fourth-order valence-electron chi connectivity index (χ4n) is 1.01. The van der Waals surface area contributed by atoms with Crippen molar-refractivity contribution in [2.45, 2.75) is 13.8 Å². The Kier molecular flexibility index (Phi) is 7.79. The van der Waals surface area contributed by atoms with Gasteiger partial charge in [0, 0.05) is 20.3 Å². The molecule has 0 spiro atoms. The van der Waals surface area contributed by atoms with Crippen LogP contribution in [-0.2, 0) is 23.1 Å². The van der Waals surface area contributed by atoms with Crippen molar-refractivity contribution < 1.29 is 23.1 Å². The number of allylic oxidation sites excluding steroid dienone is 3. The van der Waals surface area contributed by atoms with E-state index in [1.165, 1.54) is 20.3 Å². The van der Waals surface area contributed by atoms with E-state index in [-0.39, 0.29) is 6.16 Å². The van der Waals surface area contributed by atoms with E-state index in [9.17, 15) is 9.36 Å². The normalized spacial score (nSPS) is 13.1. The lowest BCUT2D eigenvalue weighted by molar-refractivity contribution is -0.137. The Labute approximate surface area is 102 Å². The zero-order valence-electron chi connectivity index (χ0n) is 10.6. The van der Waals surface area contributed by atoms with Crippen LogP contribution in [0.1, 0.15) is 13.8 Å². The van der Waals surface area contributed by atoms with Crippen LogP contribution in [0.15, 0.2) is 23.8 Å². The van der Waals surface area contributed by atoms with Crippen LogP contribution in [0.4, 0.5) is 0 Å². The average molecular weight is 262 g/mol. The maximum Gasteiger partial charge on any atom is 0.333 e. The minimum Gasteiger partial charge on any atom is -0.463 e. The number of rotatable bonds is 7. The Morgan fingerprint density at radius 1 is 1.29 bits per heavy atom. The third-order valence-electron chi connectivity index (χ3n) is 1.90. The average Bonchev–Trinajstić information content (AvgIpc) is 2.29. The monoisotopic (exact) mass is 262 g/mol. The Morgan fingerprint density at radius 2 is 1.88 bits per heavy atom. The zero-order valence-corrected chi connectivity index (χ0v) is 11.5. The molecule has 0 radical (unpaired) electrons. The summed E-state index contributed by atoms with van der Waals surface area (Å²) in [5.41, 5.74) is 0.710. The molecule has 0 saturated carbocycles. The molecule has 6 heteroatoms. The molecular formula is C11H19O5P. The van der Waals surface area contributed by atoms with Gasteiger partial charge in [0.05, 0.1) is 12.8 Å². The molecule has 0 atom stereocenters. The summed E-state index contributed by atoms with van der Waals surface area (Å²) in [6.45, 7) is 3.83. The summed E-state index contributed by atoms with van der Waals surface area (Å²) in [6, 6.07) is 0. The van der Waals surface area contributed by atoms with Crippen molar-refractivity contribution in [1.82, 2.24) is 0 Å². The lowest BCUT2D eigenvalue weighted by atomic mass is 10.2. The molecule has 0 amide bonds. The van der Waals surface area contributed by atoms with Crippen LogP contribution in [-0.4, -0.2) is 33.0 Å². The predicted molar refractivity (Wildman–Crippen MR) is 66.0 cm³/mol. The zero-order chi connectivity index (χ0) is 13.3. The first-order chi connectivity index (χ1) is 7.97. The van der Waals surface area contributed by atoms with Gasteiger partial charge in [0.25, 0.3) is 0 Å². The molecule has 5 nitrogen and oxygen atoms in total. The molecule has 0 fully saturated rings. The van der Waals surface area contributed by atoms with Crippen LogP contribution in [0.25, 0.3) is 0 Å². The second-order valence-electron chi connectivity index (χ2n) is 3.20. The highest BCUT2D eigenvalue weighted by molar-refractivity contribution is 7.54. The van der Waals surface area contributed by atoms with E-state index < -0.39 is 13.6 Å². The van der Waals surface area contributed by atoms with E-state index >= 15 is 0 Å².